The number of carbonyl (C=O) groups is 1. The molecule has 0 spiro atoms. The number of aryl methyl sites for hydroxylation is 1. The Morgan fingerprint density at radius 2 is 1.93 bits per heavy atom. The maximum Gasteiger partial charge on any atom is 0.251 e. The van der Waals surface area contributed by atoms with E-state index in [4.69, 9.17) is 0 Å². The van der Waals surface area contributed by atoms with Crippen LogP contribution in [0.25, 0.3) is 16.7 Å². The Bertz CT molecular complexity index is 1250. The Balaban J connectivity index is 1.53. The van der Waals surface area contributed by atoms with Crippen LogP contribution in [0.1, 0.15) is 28.8 Å². The molecule has 2 aromatic heterocycles. The number of fused-ring (bicyclic) bond motifs is 1. The molecule has 150 valence electrons. The Morgan fingerprint density at radius 1 is 1.13 bits per heavy atom. The predicted molar refractivity (Wildman–Crippen MR) is 113 cm³/mol. The summed E-state index contributed by atoms with van der Waals surface area (Å²) in [7, 11) is 0. The van der Waals surface area contributed by atoms with Crippen molar-refractivity contribution in [3.63, 3.8) is 0 Å². The lowest BCUT2D eigenvalue weighted by atomic mass is 10.1. The molecule has 0 aliphatic heterocycles. The summed E-state index contributed by atoms with van der Waals surface area (Å²) >= 11 is 0. The van der Waals surface area contributed by atoms with Crippen LogP contribution in [0.2, 0.25) is 0 Å². The van der Waals surface area contributed by atoms with Crippen molar-refractivity contribution in [1.29, 1.82) is 0 Å². The third-order valence-corrected chi connectivity index (χ3v) is 5.11. The standard InChI is InChI=1S/C22H20N6O2/c1-13-7-8-14(21(29)25-15-9-10-15)11-17(13)26-19-18-20(24-12-23-19)28(27-22(18)30)16-5-3-2-4-6-16/h2-8,11-12,15H,9-10H2,1H3,(H,25,29)(H,27,30)(H,23,24,26). The fraction of sp³-hybridized carbons (Fsp3) is 0.182. The second-order valence-electron chi connectivity index (χ2n) is 7.39. The number of para-hydroxylation sites is 1. The fourth-order valence-electron chi connectivity index (χ4n) is 3.30. The quantitative estimate of drug-likeness (QED) is 0.474. The number of carbonyl (C=O) groups excluding carboxylic acids is 1. The van der Waals surface area contributed by atoms with E-state index in [-0.39, 0.29) is 17.8 Å². The number of hydrogen-bond donors (Lipinski definition) is 3. The number of amides is 1. The summed E-state index contributed by atoms with van der Waals surface area (Å²) in [5.74, 6) is 0.160. The van der Waals surface area contributed by atoms with Crippen molar-refractivity contribution in [3.8, 4) is 11.6 Å². The summed E-state index contributed by atoms with van der Waals surface area (Å²) in [6.07, 6.45) is 3.49. The van der Waals surface area contributed by atoms with E-state index in [2.05, 4.69) is 25.7 Å². The highest BCUT2D eigenvalue weighted by atomic mass is 16.3. The van der Waals surface area contributed by atoms with Crippen molar-refractivity contribution >= 4 is 28.4 Å². The molecule has 5 rings (SSSR count). The zero-order valence-electron chi connectivity index (χ0n) is 16.3. The molecule has 0 unspecified atom stereocenters. The first-order valence-electron chi connectivity index (χ1n) is 9.77. The van der Waals surface area contributed by atoms with Crippen LogP contribution in [-0.4, -0.2) is 36.8 Å². The third kappa shape index (κ3) is 3.32. The van der Waals surface area contributed by atoms with Gasteiger partial charge in [-0.1, -0.05) is 24.3 Å². The van der Waals surface area contributed by atoms with Crippen LogP contribution < -0.4 is 10.6 Å². The minimum Gasteiger partial charge on any atom is -0.492 e. The zero-order valence-corrected chi connectivity index (χ0v) is 16.3. The number of nitrogens with one attached hydrogen (secondary N) is 2. The van der Waals surface area contributed by atoms with Gasteiger partial charge in [-0.3, -0.25) is 4.79 Å². The minimum atomic E-state index is -0.169. The number of aromatic nitrogens is 4. The van der Waals surface area contributed by atoms with Gasteiger partial charge in [0, 0.05) is 17.3 Å². The van der Waals surface area contributed by atoms with Gasteiger partial charge in [-0.2, -0.15) is 0 Å². The summed E-state index contributed by atoms with van der Waals surface area (Å²) in [6, 6.07) is 15.2. The molecular formula is C22H20N6O2. The summed E-state index contributed by atoms with van der Waals surface area (Å²) in [5, 5.41) is 21.4. The first-order valence-corrected chi connectivity index (χ1v) is 9.77. The topological polar surface area (TPSA) is 105 Å². The summed E-state index contributed by atoms with van der Waals surface area (Å²) in [6.45, 7) is 1.94. The molecule has 0 bridgehead atoms. The lowest BCUT2D eigenvalue weighted by Crippen LogP contribution is -2.25. The predicted octanol–water partition coefficient (Wildman–Crippen LogP) is 3.47. The molecule has 0 radical (unpaired) electrons. The highest BCUT2D eigenvalue weighted by Gasteiger charge is 2.24. The van der Waals surface area contributed by atoms with Gasteiger partial charge >= 0.3 is 0 Å². The Labute approximate surface area is 172 Å². The number of aromatic hydroxyl groups is 1. The van der Waals surface area contributed by atoms with Gasteiger partial charge in [0.05, 0.1) is 5.69 Å². The van der Waals surface area contributed by atoms with Gasteiger partial charge in [-0.25, -0.2) is 14.6 Å². The SMILES string of the molecule is Cc1ccc(C(=O)NC2CC2)cc1Nc1ncnc2c1c(O)nn2-c1ccccc1. The third-order valence-electron chi connectivity index (χ3n) is 5.11. The maximum absolute atomic E-state index is 12.4. The van der Waals surface area contributed by atoms with Crippen molar-refractivity contribution in [3.05, 3.63) is 66.0 Å². The van der Waals surface area contributed by atoms with Gasteiger partial charge in [0.1, 0.15) is 17.5 Å². The van der Waals surface area contributed by atoms with E-state index in [1.165, 1.54) is 6.33 Å². The normalized spacial score (nSPS) is 13.4. The van der Waals surface area contributed by atoms with Crippen molar-refractivity contribution in [1.82, 2.24) is 25.1 Å². The molecule has 8 heteroatoms. The van der Waals surface area contributed by atoms with E-state index >= 15 is 0 Å². The zero-order chi connectivity index (χ0) is 20.7. The van der Waals surface area contributed by atoms with Gasteiger partial charge in [0.25, 0.3) is 5.91 Å². The van der Waals surface area contributed by atoms with E-state index in [9.17, 15) is 9.90 Å². The molecule has 30 heavy (non-hydrogen) atoms. The molecule has 1 aliphatic rings. The van der Waals surface area contributed by atoms with E-state index < -0.39 is 0 Å². The van der Waals surface area contributed by atoms with Gasteiger partial charge in [0.2, 0.25) is 5.88 Å². The molecular weight excluding hydrogens is 380 g/mol. The van der Waals surface area contributed by atoms with Gasteiger partial charge in [-0.15, -0.1) is 5.10 Å². The molecule has 4 aromatic rings. The lowest BCUT2D eigenvalue weighted by Gasteiger charge is -2.12. The van der Waals surface area contributed by atoms with Crippen molar-refractivity contribution in [2.45, 2.75) is 25.8 Å². The van der Waals surface area contributed by atoms with Crippen molar-refractivity contribution < 1.29 is 9.90 Å². The Morgan fingerprint density at radius 3 is 2.70 bits per heavy atom. The summed E-state index contributed by atoms with van der Waals surface area (Å²) in [5.41, 5.74) is 3.51. The van der Waals surface area contributed by atoms with E-state index in [0.717, 1.165) is 29.8 Å². The van der Waals surface area contributed by atoms with Crippen LogP contribution >= 0.6 is 0 Å². The molecule has 1 fully saturated rings. The monoisotopic (exact) mass is 400 g/mol. The number of nitrogens with zero attached hydrogens (tertiary/aromatic N) is 4. The molecule has 1 aliphatic carbocycles. The number of hydrogen-bond acceptors (Lipinski definition) is 6. The smallest absolute Gasteiger partial charge is 0.251 e. The van der Waals surface area contributed by atoms with Crippen LogP contribution in [0.5, 0.6) is 5.88 Å². The lowest BCUT2D eigenvalue weighted by molar-refractivity contribution is 0.0951. The second kappa shape index (κ2) is 7.14. The molecule has 8 nitrogen and oxygen atoms in total. The molecule has 2 aromatic carbocycles. The highest BCUT2D eigenvalue weighted by molar-refractivity contribution is 5.97. The van der Waals surface area contributed by atoms with Crippen LogP contribution in [0.3, 0.4) is 0 Å². The minimum absolute atomic E-state index is 0.0897. The van der Waals surface area contributed by atoms with E-state index in [0.29, 0.717) is 22.4 Å². The maximum atomic E-state index is 12.4. The molecule has 0 saturated heterocycles. The van der Waals surface area contributed by atoms with Gasteiger partial charge in [0.15, 0.2) is 5.65 Å². The average molecular weight is 400 g/mol. The Hall–Kier alpha value is -3.94. The number of anilines is 2. The fourth-order valence-corrected chi connectivity index (χ4v) is 3.30. The number of rotatable bonds is 5. The Kier molecular flexibility index (Phi) is 4.31. The molecule has 3 N–H and O–H groups in total. The molecule has 0 atom stereocenters. The molecule has 2 heterocycles. The second-order valence-corrected chi connectivity index (χ2v) is 7.39. The van der Waals surface area contributed by atoms with Crippen LogP contribution in [0.4, 0.5) is 11.5 Å². The molecule has 1 amide bonds. The molecule has 1 saturated carbocycles. The average Bonchev–Trinajstić information content (AvgIpc) is 3.51. The van der Waals surface area contributed by atoms with Gasteiger partial charge < -0.3 is 15.7 Å². The van der Waals surface area contributed by atoms with Crippen molar-refractivity contribution in [2.75, 3.05) is 5.32 Å². The first-order chi connectivity index (χ1) is 14.6. The summed E-state index contributed by atoms with van der Waals surface area (Å²) < 4.78 is 1.57. The number of benzene rings is 2. The highest BCUT2D eigenvalue weighted by Crippen LogP contribution is 2.32. The first kappa shape index (κ1) is 18.1. The van der Waals surface area contributed by atoms with Crippen LogP contribution in [0.15, 0.2) is 54.9 Å². The van der Waals surface area contributed by atoms with E-state index in [1.54, 1.807) is 16.8 Å². The van der Waals surface area contributed by atoms with Crippen molar-refractivity contribution in [2.24, 2.45) is 0 Å². The van der Waals surface area contributed by atoms with E-state index in [1.807, 2.05) is 43.3 Å². The van der Waals surface area contributed by atoms with Gasteiger partial charge in [-0.05, 0) is 49.6 Å². The van der Waals surface area contributed by atoms with Crippen LogP contribution in [-0.2, 0) is 0 Å². The van der Waals surface area contributed by atoms with Crippen LogP contribution in [0, 0.1) is 6.92 Å². The largest absolute Gasteiger partial charge is 0.492 e. The summed E-state index contributed by atoms with van der Waals surface area (Å²) in [4.78, 5) is 21.0.